The van der Waals surface area contributed by atoms with Gasteiger partial charge >= 0.3 is 5.97 Å². The van der Waals surface area contributed by atoms with Gasteiger partial charge in [-0.25, -0.2) is 0 Å². The average molecular weight is 231 g/mol. The molecule has 0 spiro atoms. The van der Waals surface area contributed by atoms with Crippen molar-refractivity contribution in [2.75, 3.05) is 13.7 Å². The van der Waals surface area contributed by atoms with E-state index in [1.165, 1.54) is 18.7 Å². The summed E-state index contributed by atoms with van der Waals surface area (Å²) in [5, 5.41) is 3.66. The Morgan fingerprint density at radius 3 is 3.00 bits per heavy atom. The summed E-state index contributed by atoms with van der Waals surface area (Å²) in [5.41, 5.74) is 8.40. The number of azide groups is 1. The van der Waals surface area contributed by atoms with Crippen LogP contribution >= 0.6 is 11.8 Å². The minimum absolute atomic E-state index is 0.00486. The Bertz CT molecular complexity index is 280. The first kappa shape index (κ1) is 12.2. The molecule has 6 nitrogen and oxygen atoms in total. The van der Waals surface area contributed by atoms with E-state index in [1.807, 2.05) is 0 Å². The van der Waals surface area contributed by atoms with E-state index in [-0.39, 0.29) is 29.3 Å². The largest absolute Gasteiger partial charge is 0.465 e. The van der Waals surface area contributed by atoms with E-state index in [0.29, 0.717) is 6.42 Å². The number of rotatable bonds is 4. The molecule has 0 amide bonds. The third-order valence-electron chi connectivity index (χ3n) is 2.10. The van der Waals surface area contributed by atoms with Crippen molar-refractivity contribution < 1.29 is 14.3 Å². The fraction of sp³-hybridized carbons (Fsp3) is 0.875. The molecule has 1 unspecified atom stereocenters. The van der Waals surface area contributed by atoms with Crippen molar-refractivity contribution >= 4 is 17.7 Å². The molecule has 15 heavy (non-hydrogen) atoms. The van der Waals surface area contributed by atoms with Crippen LogP contribution in [0.15, 0.2) is 5.11 Å². The molecule has 1 saturated heterocycles. The van der Waals surface area contributed by atoms with E-state index in [0.717, 1.165) is 0 Å². The van der Waals surface area contributed by atoms with Gasteiger partial charge in [0.2, 0.25) is 0 Å². The first-order valence-corrected chi connectivity index (χ1v) is 5.47. The molecule has 0 radical (unpaired) electrons. The molecule has 7 heteroatoms. The van der Waals surface area contributed by atoms with Gasteiger partial charge in [0.15, 0.2) is 0 Å². The second-order valence-corrected chi connectivity index (χ2v) is 4.55. The number of methoxy groups -OCH3 is 1. The van der Waals surface area contributed by atoms with Crippen molar-refractivity contribution in [3.63, 3.8) is 0 Å². The number of esters is 1. The van der Waals surface area contributed by atoms with E-state index in [2.05, 4.69) is 10.0 Å². The highest BCUT2D eigenvalue weighted by Crippen LogP contribution is 2.36. The van der Waals surface area contributed by atoms with Gasteiger partial charge in [-0.1, -0.05) is 5.11 Å². The van der Waals surface area contributed by atoms with E-state index >= 15 is 0 Å². The van der Waals surface area contributed by atoms with Crippen LogP contribution in [0.3, 0.4) is 0 Å². The highest BCUT2D eigenvalue weighted by molar-refractivity contribution is 8.00. The lowest BCUT2D eigenvalue weighted by Crippen LogP contribution is -2.22. The number of hydrogen-bond donors (Lipinski definition) is 0. The van der Waals surface area contributed by atoms with Crippen LogP contribution in [0, 0.1) is 0 Å². The maximum Gasteiger partial charge on any atom is 0.302 e. The maximum absolute atomic E-state index is 10.6. The Balaban J connectivity index is 2.52. The molecule has 84 valence electrons. The van der Waals surface area contributed by atoms with Gasteiger partial charge in [-0.05, 0) is 12.0 Å². The second kappa shape index (κ2) is 5.85. The number of nitrogens with zero attached hydrogens (tertiary/aromatic N) is 3. The predicted molar refractivity (Wildman–Crippen MR) is 56.4 cm³/mol. The molecule has 0 N–H and O–H groups in total. The minimum atomic E-state index is -0.323. The summed E-state index contributed by atoms with van der Waals surface area (Å²) in [6, 6.07) is -0.163. The van der Waals surface area contributed by atoms with Gasteiger partial charge in [0.1, 0.15) is 12.0 Å². The Labute approximate surface area is 91.9 Å². The molecule has 3 atom stereocenters. The summed E-state index contributed by atoms with van der Waals surface area (Å²) in [5.74, 6) is -0.323. The van der Waals surface area contributed by atoms with Gasteiger partial charge in [-0.3, -0.25) is 4.79 Å². The van der Waals surface area contributed by atoms with Crippen molar-refractivity contribution in [2.24, 2.45) is 5.11 Å². The number of thioether (sulfide) groups is 1. The molecule has 1 fully saturated rings. The molecule has 1 aliphatic rings. The third kappa shape index (κ3) is 3.62. The van der Waals surface area contributed by atoms with Gasteiger partial charge in [-0.2, -0.15) is 0 Å². The van der Waals surface area contributed by atoms with E-state index in [4.69, 9.17) is 15.0 Å². The lowest BCUT2D eigenvalue weighted by Gasteiger charge is -2.12. The van der Waals surface area contributed by atoms with Crippen molar-refractivity contribution in [1.82, 2.24) is 0 Å². The Morgan fingerprint density at radius 1 is 1.73 bits per heavy atom. The van der Waals surface area contributed by atoms with Gasteiger partial charge in [0.05, 0.1) is 11.3 Å². The topological polar surface area (TPSA) is 84.3 Å². The molecule has 0 bridgehead atoms. The molecule has 0 saturated carbocycles. The monoisotopic (exact) mass is 231 g/mol. The lowest BCUT2D eigenvalue weighted by atomic mass is 10.2. The molecular weight excluding hydrogens is 218 g/mol. The summed E-state index contributed by atoms with van der Waals surface area (Å²) in [4.78, 5) is 13.4. The predicted octanol–water partition coefficient (Wildman–Crippen LogP) is 1.71. The van der Waals surface area contributed by atoms with Crippen LogP contribution in [0.25, 0.3) is 10.4 Å². The minimum Gasteiger partial charge on any atom is -0.465 e. The zero-order chi connectivity index (χ0) is 11.3. The SMILES string of the molecule is COC1C[C@H](N=[N+]=[N-])[C@@H](COC(C)=O)S1. The lowest BCUT2D eigenvalue weighted by molar-refractivity contribution is -0.140. The van der Waals surface area contributed by atoms with Crippen molar-refractivity contribution in [3.05, 3.63) is 10.4 Å². The van der Waals surface area contributed by atoms with Crippen LogP contribution in [0.2, 0.25) is 0 Å². The number of carbonyl (C=O) groups excluding carboxylic acids is 1. The van der Waals surface area contributed by atoms with Crippen LogP contribution in [-0.2, 0) is 14.3 Å². The summed E-state index contributed by atoms with van der Waals surface area (Å²) >= 11 is 1.54. The molecule has 1 aliphatic heterocycles. The van der Waals surface area contributed by atoms with E-state index < -0.39 is 0 Å². The molecule has 1 rings (SSSR count). The van der Waals surface area contributed by atoms with Gasteiger partial charge < -0.3 is 9.47 Å². The fourth-order valence-corrected chi connectivity index (χ4v) is 2.68. The summed E-state index contributed by atoms with van der Waals surface area (Å²) in [7, 11) is 1.61. The summed E-state index contributed by atoms with van der Waals surface area (Å²) in [6.45, 7) is 1.62. The number of carbonyl (C=O) groups is 1. The normalized spacial score (nSPS) is 29.6. The van der Waals surface area contributed by atoms with E-state index in [1.54, 1.807) is 7.11 Å². The van der Waals surface area contributed by atoms with Crippen molar-refractivity contribution in [2.45, 2.75) is 30.1 Å². The van der Waals surface area contributed by atoms with Gasteiger partial charge in [0, 0.05) is 18.9 Å². The number of ether oxygens (including phenoxy) is 2. The molecule has 0 aromatic carbocycles. The fourth-order valence-electron chi connectivity index (χ4n) is 1.38. The Morgan fingerprint density at radius 2 is 2.47 bits per heavy atom. The molecular formula is C8H13N3O3S. The molecule has 0 aromatic heterocycles. The standard InChI is InChI=1S/C8H13N3O3S/c1-5(12)14-4-7-6(10-11-9)3-8(13-2)15-7/h6-8H,3-4H2,1-2H3/t6-,7+,8?/m0/s1. The zero-order valence-corrected chi connectivity index (χ0v) is 9.44. The Kier molecular flexibility index (Phi) is 4.74. The zero-order valence-electron chi connectivity index (χ0n) is 8.62. The Hall–Kier alpha value is -0.910. The van der Waals surface area contributed by atoms with Crippen LogP contribution in [0.5, 0.6) is 0 Å². The summed E-state index contributed by atoms with van der Waals surface area (Å²) in [6.07, 6.45) is 0.664. The molecule has 0 aliphatic carbocycles. The first-order valence-electron chi connectivity index (χ1n) is 4.53. The van der Waals surface area contributed by atoms with Crippen LogP contribution in [0.4, 0.5) is 0 Å². The van der Waals surface area contributed by atoms with Crippen LogP contribution in [-0.4, -0.2) is 36.4 Å². The second-order valence-electron chi connectivity index (χ2n) is 3.15. The first-order chi connectivity index (χ1) is 7.17. The van der Waals surface area contributed by atoms with Gasteiger partial charge in [0.25, 0.3) is 0 Å². The smallest absolute Gasteiger partial charge is 0.302 e. The summed E-state index contributed by atoms with van der Waals surface area (Å²) < 4.78 is 10.1. The quantitative estimate of drug-likeness (QED) is 0.319. The van der Waals surface area contributed by atoms with Crippen LogP contribution < -0.4 is 0 Å². The highest BCUT2D eigenvalue weighted by atomic mass is 32.2. The van der Waals surface area contributed by atoms with Crippen molar-refractivity contribution in [1.29, 1.82) is 0 Å². The third-order valence-corrected chi connectivity index (χ3v) is 3.59. The highest BCUT2D eigenvalue weighted by Gasteiger charge is 2.35. The van der Waals surface area contributed by atoms with Gasteiger partial charge in [-0.15, -0.1) is 11.8 Å². The molecule has 0 aromatic rings. The van der Waals surface area contributed by atoms with Crippen molar-refractivity contribution in [3.8, 4) is 0 Å². The molecule has 1 heterocycles. The average Bonchev–Trinajstić information content (AvgIpc) is 2.58. The number of hydrogen-bond acceptors (Lipinski definition) is 5. The van der Waals surface area contributed by atoms with Crippen LogP contribution in [0.1, 0.15) is 13.3 Å². The van der Waals surface area contributed by atoms with E-state index in [9.17, 15) is 4.79 Å². The maximum atomic E-state index is 10.6.